The van der Waals surface area contributed by atoms with Crippen molar-refractivity contribution in [3.63, 3.8) is 0 Å². The molecule has 0 radical (unpaired) electrons. The molecule has 3 nitrogen and oxygen atoms in total. The zero-order valence-electron chi connectivity index (χ0n) is 14.8. The van der Waals surface area contributed by atoms with Crippen molar-refractivity contribution in [2.75, 3.05) is 18.4 Å². The smallest absolute Gasteiger partial charge is 0.164 e. The van der Waals surface area contributed by atoms with Crippen LogP contribution >= 0.6 is 0 Å². The Balaban J connectivity index is 2.54. The van der Waals surface area contributed by atoms with E-state index in [1.165, 1.54) is 12.8 Å². The minimum absolute atomic E-state index is 0.0546. The lowest BCUT2D eigenvalue weighted by Crippen LogP contribution is -2.37. The van der Waals surface area contributed by atoms with Gasteiger partial charge < -0.3 is 10.6 Å². The first kappa shape index (κ1) is 18.7. The van der Waals surface area contributed by atoms with E-state index in [2.05, 4.69) is 45.3 Å². The molecule has 0 amide bonds. The zero-order chi connectivity index (χ0) is 16.6. The quantitative estimate of drug-likeness (QED) is 0.660. The molecule has 0 aliphatic rings. The molecule has 0 aromatic heterocycles. The van der Waals surface area contributed by atoms with Gasteiger partial charge in [0.05, 0.1) is 0 Å². The van der Waals surface area contributed by atoms with E-state index in [0.29, 0.717) is 18.9 Å². The van der Waals surface area contributed by atoms with Crippen LogP contribution in [0.25, 0.3) is 0 Å². The van der Waals surface area contributed by atoms with Gasteiger partial charge in [-0.2, -0.15) is 0 Å². The summed E-state index contributed by atoms with van der Waals surface area (Å²) >= 11 is 0. The molecule has 0 unspecified atom stereocenters. The highest BCUT2D eigenvalue weighted by Gasteiger charge is 2.11. The highest BCUT2D eigenvalue weighted by molar-refractivity contribution is 5.97. The maximum atomic E-state index is 12.3. The first-order chi connectivity index (χ1) is 10.4. The van der Waals surface area contributed by atoms with Crippen LogP contribution in [0.3, 0.4) is 0 Å². The van der Waals surface area contributed by atoms with Crippen molar-refractivity contribution < 1.29 is 4.79 Å². The van der Waals surface area contributed by atoms with Crippen LogP contribution in [0.1, 0.15) is 64.2 Å². The summed E-state index contributed by atoms with van der Waals surface area (Å²) in [7, 11) is 0. The predicted octanol–water partition coefficient (Wildman–Crippen LogP) is 4.50. The van der Waals surface area contributed by atoms with Crippen LogP contribution < -0.4 is 10.6 Å². The van der Waals surface area contributed by atoms with Crippen LogP contribution in [0, 0.1) is 5.92 Å². The van der Waals surface area contributed by atoms with Crippen LogP contribution in [0.15, 0.2) is 24.3 Å². The number of anilines is 1. The highest BCUT2D eigenvalue weighted by Crippen LogP contribution is 2.15. The number of ketones is 1. The highest BCUT2D eigenvalue weighted by atomic mass is 16.1. The van der Waals surface area contributed by atoms with Crippen molar-refractivity contribution in [3.8, 4) is 0 Å². The van der Waals surface area contributed by atoms with Gasteiger partial charge in [0.25, 0.3) is 0 Å². The Bertz CT molecular complexity index is 459. The number of benzene rings is 1. The summed E-state index contributed by atoms with van der Waals surface area (Å²) in [6.45, 7) is 12.5. The molecule has 0 aliphatic carbocycles. The van der Waals surface area contributed by atoms with Crippen molar-refractivity contribution >= 4 is 11.5 Å². The third kappa shape index (κ3) is 7.08. The van der Waals surface area contributed by atoms with E-state index in [1.807, 2.05) is 24.3 Å². The number of nitrogens with one attached hydrogen (secondary N) is 2. The second-order valence-corrected chi connectivity index (χ2v) is 6.99. The largest absolute Gasteiger partial charge is 0.385 e. The second-order valence-electron chi connectivity index (χ2n) is 6.99. The molecule has 0 saturated carbocycles. The molecular weight excluding hydrogens is 272 g/mol. The lowest BCUT2D eigenvalue weighted by atomic mass is 10.0. The van der Waals surface area contributed by atoms with Gasteiger partial charge in [0.1, 0.15) is 0 Å². The van der Waals surface area contributed by atoms with Crippen molar-refractivity contribution in [1.82, 2.24) is 5.32 Å². The van der Waals surface area contributed by atoms with Crippen molar-refractivity contribution in [2.45, 2.75) is 59.4 Å². The molecule has 0 bridgehead atoms. The van der Waals surface area contributed by atoms with E-state index in [0.717, 1.165) is 17.8 Å². The van der Waals surface area contributed by atoms with Gasteiger partial charge in [-0.05, 0) is 38.8 Å². The number of carbonyl (C=O) groups is 1. The standard InChI is InChI=1S/C19H32N2O/c1-6-15(7-2)14-20-17-10-8-9-16(13-17)18(22)11-12-21-19(3,4)5/h8-10,13,15,20-21H,6-7,11-12,14H2,1-5H3. The number of hydrogen-bond donors (Lipinski definition) is 2. The molecule has 22 heavy (non-hydrogen) atoms. The normalized spacial score (nSPS) is 11.7. The van der Waals surface area contributed by atoms with Gasteiger partial charge in [0.2, 0.25) is 0 Å². The summed E-state index contributed by atoms with van der Waals surface area (Å²) < 4.78 is 0. The fraction of sp³-hybridized carbons (Fsp3) is 0.632. The van der Waals surface area contributed by atoms with E-state index in [1.54, 1.807) is 0 Å². The monoisotopic (exact) mass is 304 g/mol. The van der Waals surface area contributed by atoms with Gasteiger partial charge in [0, 0.05) is 36.3 Å². The Hall–Kier alpha value is -1.35. The van der Waals surface area contributed by atoms with E-state index < -0.39 is 0 Å². The molecule has 0 heterocycles. The van der Waals surface area contributed by atoms with E-state index in [9.17, 15) is 4.79 Å². The molecule has 0 saturated heterocycles. The van der Waals surface area contributed by atoms with E-state index >= 15 is 0 Å². The van der Waals surface area contributed by atoms with E-state index in [4.69, 9.17) is 0 Å². The van der Waals surface area contributed by atoms with E-state index in [-0.39, 0.29) is 11.3 Å². The SMILES string of the molecule is CCC(CC)CNc1cccc(C(=O)CCNC(C)(C)C)c1. The van der Waals surface area contributed by atoms with Crippen LogP contribution in [0.4, 0.5) is 5.69 Å². The molecule has 0 atom stereocenters. The molecule has 0 aliphatic heterocycles. The van der Waals surface area contributed by atoms with Gasteiger partial charge in [-0.3, -0.25) is 4.79 Å². The van der Waals surface area contributed by atoms with Crippen LogP contribution in [-0.2, 0) is 0 Å². The number of Topliss-reactive ketones (excluding diaryl/α,β-unsaturated/α-hetero) is 1. The zero-order valence-corrected chi connectivity index (χ0v) is 14.8. The third-order valence-corrected chi connectivity index (χ3v) is 3.94. The minimum Gasteiger partial charge on any atom is -0.385 e. The maximum absolute atomic E-state index is 12.3. The lowest BCUT2D eigenvalue weighted by Gasteiger charge is -2.20. The number of hydrogen-bond acceptors (Lipinski definition) is 3. The first-order valence-electron chi connectivity index (χ1n) is 8.48. The summed E-state index contributed by atoms with van der Waals surface area (Å²) in [5.74, 6) is 0.887. The topological polar surface area (TPSA) is 41.1 Å². The molecule has 124 valence electrons. The predicted molar refractivity (Wildman–Crippen MR) is 95.7 cm³/mol. The van der Waals surface area contributed by atoms with Gasteiger partial charge in [-0.15, -0.1) is 0 Å². The molecular formula is C19H32N2O. The van der Waals surface area contributed by atoms with Gasteiger partial charge >= 0.3 is 0 Å². The summed E-state index contributed by atoms with van der Waals surface area (Å²) in [4.78, 5) is 12.3. The van der Waals surface area contributed by atoms with Crippen molar-refractivity contribution in [3.05, 3.63) is 29.8 Å². The van der Waals surface area contributed by atoms with Crippen molar-refractivity contribution in [2.24, 2.45) is 5.92 Å². The maximum Gasteiger partial charge on any atom is 0.164 e. The summed E-state index contributed by atoms with van der Waals surface area (Å²) in [6, 6.07) is 7.87. The average molecular weight is 304 g/mol. The molecule has 1 aromatic carbocycles. The van der Waals surface area contributed by atoms with Crippen LogP contribution in [-0.4, -0.2) is 24.4 Å². The minimum atomic E-state index is 0.0546. The van der Waals surface area contributed by atoms with Crippen LogP contribution in [0.2, 0.25) is 0 Å². The summed E-state index contributed by atoms with van der Waals surface area (Å²) in [5.41, 5.74) is 1.89. The molecule has 3 heteroatoms. The van der Waals surface area contributed by atoms with Gasteiger partial charge in [0.15, 0.2) is 5.78 Å². The fourth-order valence-corrected chi connectivity index (χ4v) is 2.34. The molecule has 1 aromatic rings. The Labute approximate surface area is 135 Å². The van der Waals surface area contributed by atoms with Gasteiger partial charge in [-0.1, -0.05) is 38.8 Å². The molecule has 0 fully saturated rings. The van der Waals surface area contributed by atoms with Crippen molar-refractivity contribution in [1.29, 1.82) is 0 Å². The second kappa shape index (κ2) is 8.94. The average Bonchev–Trinajstić information content (AvgIpc) is 2.47. The first-order valence-corrected chi connectivity index (χ1v) is 8.48. The Morgan fingerprint density at radius 1 is 1.18 bits per heavy atom. The summed E-state index contributed by atoms with van der Waals surface area (Å²) in [6.07, 6.45) is 2.90. The molecule has 0 spiro atoms. The summed E-state index contributed by atoms with van der Waals surface area (Å²) in [5, 5.41) is 6.81. The fourth-order valence-electron chi connectivity index (χ4n) is 2.34. The molecule has 2 N–H and O–H groups in total. The Kier molecular flexibility index (Phi) is 7.60. The number of carbonyl (C=O) groups excluding carboxylic acids is 1. The third-order valence-electron chi connectivity index (χ3n) is 3.94. The van der Waals surface area contributed by atoms with Crippen LogP contribution in [0.5, 0.6) is 0 Å². The lowest BCUT2D eigenvalue weighted by molar-refractivity contribution is 0.0980. The molecule has 1 rings (SSSR count). The Morgan fingerprint density at radius 2 is 1.86 bits per heavy atom. The Morgan fingerprint density at radius 3 is 2.45 bits per heavy atom. The van der Waals surface area contributed by atoms with Gasteiger partial charge in [-0.25, -0.2) is 0 Å². The number of rotatable bonds is 9.